The maximum Gasteiger partial charge on any atom is 0.309 e. The van der Waals surface area contributed by atoms with Gasteiger partial charge < -0.3 is 10.5 Å². The largest absolute Gasteiger partial charge is 0.469 e. The van der Waals surface area contributed by atoms with Crippen LogP contribution >= 0.6 is 11.6 Å². The van der Waals surface area contributed by atoms with Crippen LogP contribution in [0.4, 0.5) is 0 Å². The molecule has 7 heteroatoms. The summed E-state index contributed by atoms with van der Waals surface area (Å²) in [7, 11) is 0.0405. The van der Waals surface area contributed by atoms with Crippen molar-refractivity contribution >= 4 is 34.3 Å². The summed E-state index contributed by atoms with van der Waals surface area (Å²) in [6.45, 7) is 1.65. The van der Waals surface area contributed by atoms with Crippen LogP contribution in [0.2, 0.25) is 5.02 Å². The fourth-order valence-corrected chi connectivity index (χ4v) is 3.33. The number of amides is 1. The Hall–Kier alpha value is -1.40. The van der Waals surface area contributed by atoms with E-state index in [-0.39, 0.29) is 11.5 Å². The second kappa shape index (κ2) is 7.40. The quantitative estimate of drug-likeness (QED) is 0.805. The van der Waals surface area contributed by atoms with Crippen LogP contribution in [0.3, 0.4) is 0 Å². The number of primary amides is 1. The van der Waals surface area contributed by atoms with Crippen molar-refractivity contribution in [2.75, 3.05) is 12.9 Å². The molecule has 110 valence electrons. The van der Waals surface area contributed by atoms with Crippen LogP contribution in [-0.2, 0) is 26.1 Å². The highest BCUT2D eigenvalue weighted by atomic mass is 35.5. The predicted octanol–water partition coefficient (Wildman–Crippen LogP) is 1.50. The molecule has 2 unspecified atom stereocenters. The highest BCUT2D eigenvalue weighted by molar-refractivity contribution is 7.84. The Balaban J connectivity index is 2.71. The van der Waals surface area contributed by atoms with E-state index in [0.717, 1.165) is 0 Å². The summed E-state index contributed by atoms with van der Waals surface area (Å²) in [6.07, 6.45) is 0. The first-order chi connectivity index (χ1) is 9.35. The van der Waals surface area contributed by atoms with E-state index in [1.165, 1.54) is 19.2 Å². The summed E-state index contributed by atoms with van der Waals surface area (Å²) in [5.74, 6) is -1.00. The minimum absolute atomic E-state index is 0.195. The molecule has 0 spiro atoms. The van der Waals surface area contributed by atoms with Crippen LogP contribution in [-0.4, -0.2) is 28.9 Å². The summed E-state index contributed by atoms with van der Waals surface area (Å²) < 4.78 is 16.5. The molecule has 0 radical (unpaired) electrons. The number of nitrogens with two attached hydrogens (primary N) is 1. The van der Waals surface area contributed by atoms with Crippen LogP contribution in [0.25, 0.3) is 0 Å². The zero-order valence-electron chi connectivity index (χ0n) is 11.2. The van der Waals surface area contributed by atoms with Gasteiger partial charge in [-0.2, -0.15) is 0 Å². The molecule has 0 heterocycles. The van der Waals surface area contributed by atoms with Gasteiger partial charge in [0.15, 0.2) is 0 Å². The first-order valence-corrected chi connectivity index (χ1v) is 7.72. The van der Waals surface area contributed by atoms with Crippen molar-refractivity contribution in [2.24, 2.45) is 11.7 Å². The normalized spacial score (nSPS) is 13.6. The molecule has 0 aliphatic rings. The second-order valence-electron chi connectivity index (χ2n) is 4.35. The van der Waals surface area contributed by atoms with Crippen LogP contribution < -0.4 is 5.73 Å². The van der Waals surface area contributed by atoms with Crippen LogP contribution in [0.5, 0.6) is 0 Å². The Morgan fingerprint density at radius 1 is 1.45 bits per heavy atom. The number of halogens is 1. The summed E-state index contributed by atoms with van der Waals surface area (Å²) in [4.78, 5) is 22.2. The number of carbonyl (C=O) groups excluding carboxylic acids is 2. The second-order valence-corrected chi connectivity index (χ2v) is 6.25. The molecule has 20 heavy (non-hydrogen) atoms. The van der Waals surface area contributed by atoms with Gasteiger partial charge in [-0.15, -0.1) is 0 Å². The minimum atomic E-state index is -1.25. The van der Waals surface area contributed by atoms with Crippen molar-refractivity contribution < 1.29 is 18.5 Å². The van der Waals surface area contributed by atoms with E-state index < -0.39 is 28.6 Å². The third-order valence-corrected chi connectivity index (χ3v) is 4.55. The summed E-state index contributed by atoms with van der Waals surface area (Å²) in [6, 6.07) is 4.59. The smallest absolute Gasteiger partial charge is 0.309 e. The van der Waals surface area contributed by atoms with Crippen LogP contribution in [0.1, 0.15) is 22.8 Å². The zero-order valence-corrected chi connectivity index (χ0v) is 12.8. The van der Waals surface area contributed by atoms with Crippen molar-refractivity contribution in [1.82, 2.24) is 0 Å². The lowest BCUT2D eigenvalue weighted by molar-refractivity contribution is -0.144. The van der Waals surface area contributed by atoms with Gasteiger partial charge in [-0.3, -0.25) is 13.8 Å². The summed E-state index contributed by atoms with van der Waals surface area (Å²) in [5, 5.41) is 0.334. The van der Waals surface area contributed by atoms with Crippen molar-refractivity contribution in [1.29, 1.82) is 0 Å². The first kappa shape index (κ1) is 16.7. The average Bonchev–Trinajstić information content (AvgIpc) is 2.39. The lowest BCUT2D eigenvalue weighted by Crippen LogP contribution is -2.20. The lowest BCUT2D eigenvalue weighted by Gasteiger charge is -2.10. The third-order valence-electron chi connectivity index (χ3n) is 2.69. The van der Waals surface area contributed by atoms with Crippen molar-refractivity contribution in [3.63, 3.8) is 0 Å². The van der Waals surface area contributed by atoms with E-state index in [9.17, 15) is 13.8 Å². The van der Waals surface area contributed by atoms with E-state index in [1.54, 1.807) is 13.0 Å². The van der Waals surface area contributed by atoms with E-state index in [0.29, 0.717) is 16.1 Å². The molecule has 1 aromatic rings. The van der Waals surface area contributed by atoms with E-state index in [2.05, 4.69) is 4.74 Å². The number of methoxy groups -OCH3 is 1. The molecule has 0 saturated heterocycles. The molecule has 0 bridgehead atoms. The molecule has 1 aromatic carbocycles. The number of ether oxygens (including phenoxy) is 1. The van der Waals surface area contributed by atoms with Crippen molar-refractivity contribution in [3.05, 3.63) is 34.3 Å². The van der Waals surface area contributed by atoms with Gasteiger partial charge in [0.25, 0.3) is 0 Å². The molecule has 0 saturated carbocycles. The highest BCUT2D eigenvalue weighted by Crippen LogP contribution is 2.20. The van der Waals surface area contributed by atoms with Gasteiger partial charge in [-0.25, -0.2) is 0 Å². The van der Waals surface area contributed by atoms with Crippen LogP contribution in [0.15, 0.2) is 18.2 Å². The summed E-state index contributed by atoms with van der Waals surface area (Å²) in [5.41, 5.74) is 6.08. The number of rotatable bonds is 6. The Kier molecular flexibility index (Phi) is 6.16. The Morgan fingerprint density at radius 2 is 2.10 bits per heavy atom. The van der Waals surface area contributed by atoms with Crippen molar-refractivity contribution in [2.45, 2.75) is 12.7 Å². The van der Waals surface area contributed by atoms with Gasteiger partial charge in [0.1, 0.15) is 0 Å². The molecule has 1 amide bonds. The van der Waals surface area contributed by atoms with Gasteiger partial charge in [0, 0.05) is 27.1 Å². The molecular weight excluding hydrogens is 302 g/mol. The summed E-state index contributed by atoms with van der Waals surface area (Å²) >= 11 is 6.01. The van der Waals surface area contributed by atoms with Gasteiger partial charge >= 0.3 is 5.97 Å². The number of hydrogen-bond donors (Lipinski definition) is 1. The molecule has 5 nitrogen and oxygen atoms in total. The fourth-order valence-electron chi connectivity index (χ4n) is 1.60. The van der Waals surface area contributed by atoms with E-state index in [1.807, 2.05) is 0 Å². The van der Waals surface area contributed by atoms with E-state index >= 15 is 0 Å². The first-order valence-electron chi connectivity index (χ1n) is 5.86. The number of esters is 1. The van der Waals surface area contributed by atoms with Gasteiger partial charge in [-0.05, 0) is 17.7 Å². The van der Waals surface area contributed by atoms with Crippen LogP contribution in [0, 0.1) is 5.92 Å². The molecule has 0 aliphatic heterocycles. The number of benzene rings is 1. The van der Waals surface area contributed by atoms with Gasteiger partial charge in [0.05, 0.1) is 18.8 Å². The third kappa shape index (κ3) is 4.61. The lowest BCUT2D eigenvalue weighted by atomic mass is 10.1. The molecule has 0 fully saturated rings. The highest BCUT2D eigenvalue weighted by Gasteiger charge is 2.17. The topological polar surface area (TPSA) is 86.5 Å². The Labute approximate surface area is 124 Å². The standard InChI is InChI=1S/C13H16ClNO4S/c1-8(13(17)19-2)6-20(18)7-10-4-3-9(12(15)16)5-11(10)14/h3-5,8H,6-7H2,1-2H3,(H2,15,16). The minimum Gasteiger partial charge on any atom is -0.469 e. The number of hydrogen-bond acceptors (Lipinski definition) is 4. The van der Waals surface area contributed by atoms with Gasteiger partial charge in [0.2, 0.25) is 5.91 Å². The van der Waals surface area contributed by atoms with E-state index in [4.69, 9.17) is 17.3 Å². The maximum absolute atomic E-state index is 12.0. The monoisotopic (exact) mass is 317 g/mol. The molecule has 2 N–H and O–H groups in total. The average molecular weight is 318 g/mol. The molecular formula is C13H16ClNO4S. The SMILES string of the molecule is COC(=O)C(C)CS(=O)Cc1ccc(C(N)=O)cc1Cl. The molecule has 0 aromatic heterocycles. The number of carbonyl (C=O) groups is 2. The van der Waals surface area contributed by atoms with Gasteiger partial charge in [-0.1, -0.05) is 24.6 Å². The maximum atomic E-state index is 12.0. The molecule has 2 atom stereocenters. The predicted molar refractivity (Wildman–Crippen MR) is 77.9 cm³/mol. The molecule has 0 aliphatic carbocycles. The Bertz CT molecular complexity index is 547. The van der Waals surface area contributed by atoms with Crippen molar-refractivity contribution in [3.8, 4) is 0 Å². The fraction of sp³-hybridized carbons (Fsp3) is 0.385. The zero-order chi connectivity index (χ0) is 15.3. The molecule has 1 rings (SSSR count). The Morgan fingerprint density at radius 3 is 2.60 bits per heavy atom.